The number of amidine groups is 1. The minimum absolute atomic E-state index is 0.274. The molecule has 1 saturated carbocycles. The van der Waals surface area contributed by atoms with E-state index in [4.69, 9.17) is 17.3 Å². The van der Waals surface area contributed by atoms with Crippen molar-refractivity contribution in [1.82, 2.24) is 0 Å². The van der Waals surface area contributed by atoms with Crippen LogP contribution in [0.25, 0.3) is 0 Å². The Morgan fingerprint density at radius 2 is 2.40 bits per heavy atom. The second-order valence-corrected chi connectivity index (χ2v) is 3.82. The predicted octanol–water partition coefficient (Wildman–Crippen LogP) is 0.989. The van der Waals surface area contributed by atoms with Crippen LogP contribution in [0.4, 0.5) is 0 Å². The number of nitrogens with zero attached hydrogens (tertiary/aromatic N) is 1. The molecule has 1 heterocycles. The molecule has 1 aliphatic carbocycles. The lowest BCUT2D eigenvalue weighted by molar-refractivity contribution is 0.499. The molecule has 0 radical (unpaired) electrons. The molecule has 0 bridgehead atoms. The Kier molecular flexibility index (Phi) is 1.21. The lowest BCUT2D eigenvalue weighted by Crippen LogP contribution is -2.22. The number of hydrogen-bond donors (Lipinski definition) is 1. The van der Waals surface area contributed by atoms with Crippen molar-refractivity contribution in [2.75, 3.05) is 0 Å². The molecule has 3 unspecified atom stereocenters. The van der Waals surface area contributed by atoms with Gasteiger partial charge in [0.15, 0.2) is 0 Å². The number of alkyl halides is 1. The van der Waals surface area contributed by atoms with E-state index in [1.165, 1.54) is 0 Å². The molecule has 0 aromatic heterocycles. The van der Waals surface area contributed by atoms with Gasteiger partial charge in [-0.05, 0) is 5.92 Å². The van der Waals surface area contributed by atoms with Gasteiger partial charge in [-0.15, -0.1) is 11.6 Å². The van der Waals surface area contributed by atoms with E-state index in [0.29, 0.717) is 17.9 Å². The molecule has 0 spiro atoms. The van der Waals surface area contributed by atoms with Crippen LogP contribution in [0.1, 0.15) is 13.3 Å². The Balaban J connectivity index is 2.18. The summed E-state index contributed by atoms with van der Waals surface area (Å²) in [6.45, 7) is 2.20. The summed E-state index contributed by atoms with van der Waals surface area (Å²) in [5, 5.41) is 0.274. The number of hydrogen-bond acceptors (Lipinski definition) is 2. The van der Waals surface area contributed by atoms with Crippen molar-refractivity contribution < 1.29 is 0 Å². The Morgan fingerprint density at radius 1 is 1.70 bits per heavy atom. The maximum atomic E-state index is 5.96. The number of aliphatic imine (C=N–C) groups is 1. The standard InChI is InChI=1S/C7H11ClN2/c1-3-2-4(9)10-7-5(3)6(7)8/h3,5-7H,2H2,1H3,(H2,9,10)/t3?,5-,6?,7?/m0/s1. The highest BCUT2D eigenvalue weighted by Crippen LogP contribution is 2.48. The SMILES string of the molecule is CC1CC(N)=NC2C(Cl)[C@H]12. The van der Waals surface area contributed by atoms with Crippen molar-refractivity contribution in [2.45, 2.75) is 24.8 Å². The third kappa shape index (κ3) is 0.749. The smallest absolute Gasteiger partial charge is 0.0944 e. The molecule has 1 aliphatic heterocycles. The van der Waals surface area contributed by atoms with Gasteiger partial charge in [0.1, 0.15) is 0 Å². The van der Waals surface area contributed by atoms with Crippen LogP contribution in [0.15, 0.2) is 4.99 Å². The highest BCUT2D eigenvalue weighted by atomic mass is 35.5. The van der Waals surface area contributed by atoms with E-state index in [2.05, 4.69) is 11.9 Å². The molecule has 0 aromatic carbocycles. The normalized spacial score (nSPS) is 51.6. The largest absolute Gasteiger partial charge is 0.387 e. The number of nitrogens with two attached hydrogens (primary N) is 1. The second-order valence-electron chi connectivity index (χ2n) is 3.31. The molecule has 4 atom stereocenters. The lowest BCUT2D eigenvalue weighted by atomic mass is 9.99. The van der Waals surface area contributed by atoms with Crippen LogP contribution in [0.2, 0.25) is 0 Å². The van der Waals surface area contributed by atoms with Crippen molar-refractivity contribution >= 4 is 17.4 Å². The summed E-state index contributed by atoms with van der Waals surface area (Å²) in [7, 11) is 0. The van der Waals surface area contributed by atoms with E-state index in [0.717, 1.165) is 12.3 Å². The van der Waals surface area contributed by atoms with Crippen LogP contribution in [-0.4, -0.2) is 17.3 Å². The van der Waals surface area contributed by atoms with Crippen LogP contribution in [0.3, 0.4) is 0 Å². The van der Waals surface area contributed by atoms with Gasteiger partial charge >= 0.3 is 0 Å². The molecule has 2 aliphatic rings. The molecule has 10 heavy (non-hydrogen) atoms. The van der Waals surface area contributed by atoms with E-state index in [1.54, 1.807) is 0 Å². The first-order chi connectivity index (χ1) is 4.70. The van der Waals surface area contributed by atoms with Gasteiger partial charge in [0.25, 0.3) is 0 Å². The first kappa shape index (κ1) is 6.47. The zero-order chi connectivity index (χ0) is 7.30. The van der Waals surface area contributed by atoms with E-state index in [-0.39, 0.29) is 5.38 Å². The van der Waals surface area contributed by atoms with Gasteiger partial charge in [-0.2, -0.15) is 0 Å². The summed E-state index contributed by atoms with van der Waals surface area (Å²) in [6, 6.07) is 0.352. The van der Waals surface area contributed by atoms with Gasteiger partial charge in [0.2, 0.25) is 0 Å². The molecule has 2 N–H and O–H groups in total. The Bertz CT molecular complexity index is 190. The fraction of sp³-hybridized carbons (Fsp3) is 0.857. The number of rotatable bonds is 0. The topological polar surface area (TPSA) is 38.4 Å². The first-order valence-electron chi connectivity index (χ1n) is 3.66. The zero-order valence-electron chi connectivity index (χ0n) is 5.92. The first-order valence-corrected chi connectivity index (χ1v) is 4.10. The van der Waals surface area contributed by atoms with Crippen LogP contribution >= 0.6 is 11.6 Å². The van der Waals surface area contributed by atoms with E-state index >= 15 is 0 Å². The fourth-order valence-corrected chi connectivity index (χ4v) is 2.34. The maximum absolute atomic E-state index is 5.96. The molecule has 0 aromatic rings. The maximum Gasteiger partial charge on any atom is 0.0944 e. The molecular weight excluding hydrogens is 148 g/mol. The van der Waals surface area contributed by atoms with Gasteiger partial charge in [-0.25, -0.2) is 0 Å². The van der Waals surface area contributed by atoms with Crippen LogP contribution in [0, 0.1) is 11.8 Å². The van der Waals surface area contributed by atoms with E-state index < -0.39 is 0 Å². The van der Waals surface area contributed by atoms with Crippen molar-refractivity contribution in [1.29, 1.82) is 0 Å². The number of halogens is 1. The summed E-state index contributed by atoms with van der Waals surface area (Å²) < 4.78 is 0. The molecule has 0 amide bonds. The summed E-state index contributed by atoms with van der Waals surface area (Å²) in [6.07, 6.45) is 0.935. The lowest BCUT2D eigenvalue weighted by Gasteiger charge is -2.13. The molecule has 2 rings (SSSR count). The average Bonchev–Trinajstić information content (AvgIpc) is 2.42. The minimum atomic E-state index is 0.274. The third-order valence-electron chi connectivity index (χ3n) is 2.45. The highest BCUT2D eigenvalue weighted by Gasteiger charge is 2.54. The Labute approximate surface area is 65.5 Å². The second kappa shape index (κ2) is 1.88. The molecule has 3 heteroatoms. The molecule has 1 fully saturated rings. The Hall–Kier alpha value is -0.240. The highest BCUT2D eigenvalue weighted by molar-refractivity contribution is 6.23. The molecule has 56 valence electrons. The summed E-state index contributed by atoms with van der Waals surface area (Å²) in [5.74, 6) is 2.05. The van der Waals surface area contributed by atoms with Gasteiger partial charge in [-0.1, -0.05) is 6.92 Å². The predicted molar refractivity (Wildman–Crippen MR) is 42.3 cm³/mol. The quantitative estimate of drug-likeness (QED) is 0.525. The summed E-state index contributed by atoms with van der Waals surface area (Å²) in [5.41, 5.74) is 5.60. The average molecular weight is 159 g/mol. The van der Waals surface area contributed by atoms with Gasteiger partial charge < -0.3 is 5.73 Å². The fourth-order valence-electron chi connectivity index (χ4n) is 1.80. The summed E-state index contributed by atoms with van der Waals surface area (Å²) >= 11 is 5.96. The summed E-state index contributed by atoms with van der Waals surface area (Å²) in [4.78, 5) is 4.25. The van der Waals surface area contributed by atoms with E-state index in [1.807, 2.05) is 0 Å². The number of fused-ring (bicyclic) bond motifs is 1. The van der Waals surface area contributed by atoms with Crippen molar-refractivity contribution in [3.63, 3.8) is 0 Å². The van der Waals surface area contributed by atoms with Crippen LogP contribution < -0.4 is 5.73 Å². The van der Waals surface area contributed by atoms with Gasteiger partial charge in [0.05, 0.1) is 17.3 Å². The zero-order valence-corrected chi connectivity index (χ0v) is 6.67. The van der Waals surface area contributed by atoms with E-state index in [9.17, 15) is 0 Å². The Morgan fingerprint density at radius 3 is 3.00 bits per heavy atom. The third-order valence-corrected chi connectivity index (χ3v) is 3.00. The van der Waals surface area contributed by atoms with Crippen LogP contribution in [-0.2, 0) is 0 Å². The monoisotopic (exact) mass is 158 g/mol. The van der Waals surface area contributed by atoms with Gasteiger partial charge in [-0.3, -0.25) is 4.99 Å². The van der Waals surface area contributed by atoms with Crippen molar-refractivity contribution in [3.05, 3.63) is 0 Å². The van der Waals surface area contributed by atoms with Crippen molar-refractivity contribution in [2.24, 2.45) is 22.6 Å². The molecule has 0 saturated heterocycles. The molecule has 2 nitrogen and oxygen atoms in total. The minimum Gasteiger partial charge on any atom is -0.387 e. The van der Waals surface area contributed by atoms with Gasteiger partial charge in [0, 0.05) is 12.3 Å². The molecular formula is C7H11ClN2. The van der Waals surface area contributed by atoms with Crippen molar-refractivity contribution in [3.8, 4) is 0 Å². The van der Waals surface area contributed by atoms with Crippen LogP contribution in [0.5, 0.6) is 0 Å².